The van der Waals surface area contributed by atoms with Gasteiger partial charge in [-0.2, -0.15) is 0 Å². The predicted octanol–water partition coefficient (Wildman–Crippen LogP) is 5.66. The molecule has 0 fully saturated rings. The number of hydrogen-bond donors (Lipinski definition) is 1. The van der Waals surface area contributed by atoms with Gasteiger partial charge in [0.1, 0.15) is 6.61 Å². The van der Waals surface area contributed by atoms with E-state index < -0.39 is 0 Å². The molecule has 5 heteroatoms. The first-order valence-electron chi connectivity index (χ1n) is 11.6. The standard InChI is InChI=1S/C28H31N3O2/c1-3-4-16-29-27(32)18-24(23-14-9-8-11-21(23)2)25-19-30-28-26(15-10-17-31(25)28)33-20-22-12-6-5-7-13-22/h5-15,17,19,24H,3-4,16,18,20H2,1-2H3,(H,29,32). The summed E-state index contributed by atoms with van der Waals surface area (Å²) in [6, 6.07) is 22.3. The van der Waals surface area contributed by atoms with Crippen LogP contribution in [-0.4, -0.2) is 21.8 Å². The van der Waals surface area contributed by atoms with Gasteiger partial charge in [-0.25, -0.2) is 4.98 Å². The van der Waals surface area contributed by atoms with Gasteiger partial charge >= 0.3 is 0 Å². The number of ether oxygens (including phenoxy) is 1. The number of amides is 1. The number of nitrogens with one attached hydrogen (secondary N) is 1. The lowest BCUT2D eigenvalue weighted by molar-refractivity contribution is -0.121. The van der Waals surface area contributed by atoms with Gasteiger partial charge in [-0.3, -0.25) is 4.79 Å². The molecule has 1 N–H and O–H groups in total. The van der Waals surface area contributed by atoms with E-state index in [1.165, 1.54) is 0 Å². The molecule has 0 radical (unpaired) electrons. The molecule has 0 spiro atoms. The molecule has 1 unspecified atom stereocenters. The van der Waals surface area contributed by atoms with Crippen LogP contribution in [0.25, 0.3) is 5.65 Å². The minimum absolute atomic E-state index is 0.0585. The summed E-state index contributed by atoms with van der Waals surface area (Å²) in [7, 11) is 0. The summed E-state index contributed by atoms with van der Waals surface area (Å²) in [5.41, 5.74) is 5.15. The van der Waals surface area contributed by atoms with Crippen molar-refractivity contribution in [2.45, 2.75) is 45.6 Å². The van der Waals surface area contributed by atoms with Crippen molar-refractivity contribution in [3.63, 3.8) is 0 Å². The van der Waals surface area contributed by atoms with Crippen LogP contribution in [0.5, 0.6) is 5.75 Å². The number of pyridine rings is 1. The second-order valence-corrected chi connectivity index (χ2v) is 8.34. The molecule has 2 aromatic carbocycles. The van der Waals surface area contributed by atoms with Crippen LogP contribution in [0.4, 0.5) is 0 Å². The normalized spacial score (nSPS) is 11.9. The average Bonchev–Trinajstić information content (AvgIpc) is 3.27. The summed E-state index contributed by atoms with van der Waals surface area (Å²) in [5.74, 6) is 0.680. The molecule has 4 aromatic rings. The Hall–Kier alpha value is -3.60. The molecule has 2 heterocycles. The van der Waals surface area contributed by atoms with E-state index in [1.807, 2.05) is 67.0 Å². The monoisotopic (exact) mass is 441 g/mol. The number of fused-ring (bicyclic) bond motifs is 1. The van der Waals surface area contributed by atoms with E-state index in [0.29, 0.717) is 19.6 Å². The van der Waals surface area contributed by atoms with E-state index in [4.69, 9.17) is 9.72 Å². The van der Waals surface area contributed by atoms with Crippen molar-refractivity contribution in [2.75, 3.05) is 6.54 Å². The number of rotatable bonds is 10. The van der Waals surface area contributed by atoms with Crippen LogP contribution in [-0.2, 0) is 11.4 Å². The third-order valence-corrected chi connectivity index (χ3v) is 5.93. The largest absolute Gasteiger partial charge is 0.485 e. The zero-order chi connectivity index (χ0) is 23.0. The summed E-state index contributed by atoms with van der Waals surface area (Å²) >= 11 is 0. The molecule has 0 aliphatic carbocycles. The van der Waals surface area contributed by atoms with Crippen molar-refractivity contribution in [1.82, 2.24) is 14.7 Å². The highest BCUT2D eigenvalue weighted by molar-refractivity contribution is 5.77. The Balaban J connectivity index is 1.65. The zero-order valence-corrected chi connectivity index (χ0v) is 19.3. The van der Waals surface area contributed by atoms with Gasteiger partial charge in [0.15, 0.2) is 11.4 Å². The maximum absolute atomic E-state index is 12.8. The fourth-order valence-corrected chi connectivity index (χ4v) is 4.12. The molecule has 170 valence electrons. The number of aromatic nitrogens is 2. The topological polar surface area (TPSA) is 55.6 Å². The number of carbonyl (C=O) groups excluding carboxylic acids is 1. The number of benzene rings is 2. The number of hydrogen-bond acceptors (Lipinski definition) is 3. The highest BCUT2D eigenvalue weighted by atomic mass is 16.5. The minimum atomic E-state index is -0.104. The smallest absolute Gasteiger partial charge is 0.221 e. The Labute approximate surface area is 195 Å². The van der Waals surface area contributed by atoms with Crippen molar-refractivity contribution in [1.29, 1.82) is 0 Å². The molecular formula is C28H31N3O2. The Morgan fingerprint density at radius 1 is 1.06 bits per heavy atom. The lowest BCUT2D eigenvalue weighted by Crippen LogP contribution is -2.26. The van der Waals surface area contributed by atoms with E-state index in [-0.39, 0.29) is 11.8 Å². The SMILES string of the molecule is CCCCNC(=O)CC(c1ccccc1C)c1cnc2c(OCc3ccccc3)cccn12. The predicted molar refractivity (Wildman–Crippen MR) is 132 cm³/mol. The van der Waals surface area contributed by atoms with Gasteiger partial charge in [0.05, 0.1) is 5.69 Å². The van der Waals surface area contributed by atoms with E-state index in [2.05, 4.69) is 35.7 Å². The van der Waals surface area contributed by atoms with E-state index in [1.54, 1.807) is 0 Å². The van der Waals surface area contributed by atoms with Crippen molar-refractivity contribution in [2.24, 2.45) is 0 Å². The Morgan fingerprint density at radius 2 is 1.85 bits per heavy atom. The maximum Gasteiger partial charge on any atom is 0.221 e. The Kier molecular flexibility index (Phi) is 7.40. The molecular weight excluding hydrogens is 410 g/mol. The molecule has 0 aliphatic rings. The van der Waals surface area contributed by atoms with Crippen molar-refractivity contribution >= 4 is 11.6 Å². The number of imidazole rings is 1. The van der Waals surface area contributed by atoms with Gasteiger partial charge < -0.3 is 14.5 Å². The third kappa shape index (κ3) is 5.43. The molecule has 4 rings (SSSR count). The average molecular weight is 442 g/mol. The molecule has 1 amide bonds. The van der Waals surface area contributed by atoms with Gasteiger partial charge in [0.25, 0.3) is 0 Å². The molecule has 1 atom stereocenters. The summed E-state index contributed by atoms with van der Waals surface area (Å²) in [4.78, 5) is 17.5. The molecule has 0 aliphatic heterocycles. The van der Waals surface area contributed by atoms with E-state index in [0.717, 1.165) is 46.6 Å². The molecule has 33 heavy (non-hydrogen) atoms. The fraction of sp³-hybridized carbons (Fsp3) is 0.286. The summed E-state index contributed by atoms with van der Waals surface area (Å²) in [6.07, 6.45) is 6.28. The molecule has 0 bridgehead atoms. The summed E-state index contributed by atoms with van der Waals surface area (Å²) in [5, 5.41) is 3.07. The second kappa shape index (κ2) is 10.8. The first kappa shape index (κ1) is 22.6. The van der Waals surface area contributed by atoms with Gasteiger partial charge in [-0.05, 0) is 42.2 Å². The zero-order valence-electron chi connectivity index (χ0n) is 19.3. The highest BCUT2D eigenvalue weighted by Gasteiger charge is 2.24. The van der Waals surface area contributed by atoms with Crippen LogP contribution < -0.4 is 10.1 Å². The third-order valence-electron chi connectivity index (χ3n) is 5.93. The lowest BCUT2D eigenvalue weighted by atomic mass is 9.89. The van der Waals surface area contributed by atoms with Gasteiger partial charge in [0.2, 0.25) is 5.91 Å². The number of carbonyl (C=O) groups is 1. The van der Waals surface area contributed by atoms with Crippen LogP contribution in [0.2, 0.25) is 0 Å². The lowest BCUT2D eigenvalue weighted by Gasteiger charge is -2.19. The van der Waals surface area contributed by atoms with Gasteiger partial charge in [-0.1, -0.05) is 67.9 Å². The first-order valence-corrected chi connectivity index (χ1v) is 11.6. The van der Waals surface area contributed by atoms with Crippen LogP contribution in [0.3, 0.4) is 0 Å². The van der Waals surface area contributed by atoms with Gasteiger partial charge in [0, 0.05) is 31.3 Å². The molecule has 5 nitrogen and oxygen atoms in total. The van der Waals surface area contributed by atoms with E-state index >= 15 is 0 Å². The maximum atomic E-state index is 12.8. The van der Waals surface area contributed by atoms with Crippen LogP contribution in [0.1, 0.15) is 54.5 Å². The quantitative estimate of drug-likeness (QED) is 0.323. The Morgan fingerprint density at radius 3 is 2.64 bits per heavy atom. The molecule has 0 saturated heterocycles. The second-order valence-electron chi connectivity index (χ2n) is 8.34. The fourth-order valence-electron chi connectivity index (χ4n) is 4.12. The number of aryl methyl sites for hydroxylation is 1. The van der Waals surface area contributed by atoms with Crippen LogP contribution in [0, 0.1) is 6.92 Å². The van der Waals surface area contributed by atoms with Crippen molar-refractivity contribution in [3.8, 4) is 5.75 Å². The molecule has 2 aromatic heterocycles. The van der Waals surface area contributed by atoms with Crippen LogP contribution in [0.15, 0.2) is 79.1 Å². The molecule has 0 saturated carbocycles. The van der Waals surface area contributed by atoms with E-state index in [9.17, 15) is 4.79 Å². The minimum Gasteiger partial charge on any atom is -0.485 e. The summed E-state index contributed by atoms with van der Waals surface area (Å²) in [6.45, 7) is 5.40. The Bertz CT molecular complexity index is 1200. The number of unbranched alkanes of at least 4 members (excludes halogenated alkanes) is 1. The summed E-state index contributed by atoms with van der Waals surface area (Å²) < 4.78 is 8.16. The first-order chi connectivity index (χ1) is 16.2. The number of nitrogens with zero attached hydrogens (tertiary/aromatic N) is 2. The van der Waals surface area contributed by atoms with Crippen molar-refractivity contribution < 1.29 is 9.53 Å². The van der Waals surface area contributed by atoms with Gasteiger partial charge in [-0.15, -0.1) is 0 Å². The van der Waals surface area contributed by atoms with Crippen LogP contribution >= 0.6 is 0 Å². The highest BCUT2D eigenvalue weighted by Crippen LogP contribution is 2.32. The van der Waals surface area contributed by atoms with Crippen molar-refractivity contribution in [3.05, 3.63) is 102 Å².